The number of hydrogen-bond donors (Lipinski definition) is 3. The van der Waals surface area contributed by atoms with E-state index in [0.29, 0.717) is 15.1 Å². The Morgan fingerprint density at radius 3 is 2.00 bits per heavy atom. The molecule has 4 aromatic rings. The van der Waals surface area contributed by atoms with Gasteiger partial charge in [-0.25, -0.2) is 14.6 Å². The number of benzene rings is 3. The molecule has 0 saturated carbocycles. The molecule has 15 heteroatoms. The number of nitrogens with zero attached hydrogens (tertiary/aromatic N) is 3. The van der Waals surface area contributed by atoms with E-state index < -0.39 is 55.7 Å². The molecule has 1 fully saturated rings. The molecule has 2 amide bonds. The van der Waals surface area contributed by atoms with Crippen LogP contribution in [0, 0.1) is 0 Å². The van der Waals surface area contributed by atoms with Gasteiger partial charge in [0, 0.05) is 15.6 Å². The number of aliphatic carboxylic acids is 1. The zero-order chi connectivity index (χ0) is 39.5. The second-order valence-corrected chi connectivity index (χ2v) is 19.1. The molecule has 2 aliphatic heterocycles. The van der Waals surface area contributed by atoms with Crippen LogP contribution < -0.4 is 10.6 Å². The Kier molecular flexibility index (Phi) is 11.7. The van der Waals surface area contributed by atoms with Crippen molar-refractivity contribution >= 4 is 77.9 Å². The topological polar surface area (TPSA) is 160 Å². The van der Waals surface area contributed by atoms with Crippen molar-refractivity contribution < 1.29 is 33.9 Å². The number of thiazole rings is 1. The molecule has 2 aliphatic rings. The minimum atomic E-state index is -2.54. The summed E-state index contributed by atoms with van der Waals surface area (Å²) in [6.07, 6.45) is 1.72. The number of amides is 2. The van der Waals surface area contributed by atoms with Crippen LogP contribution in [0.5, 0.6) is 0 Å². The summed E-state index contributed by atoms with van der Waals surface area (Å²) in [6.45, 7) is 7.10. The van der Waals surface area contributed by atoms with Crippen LogP contribution in [0.3, 0.4) is 0 Å². The van der Waals surface area contributed by atoms with E-state index in [9.17, 15) is 24.3 Å². The second kappa shape index (κ2) is 16.2. The third-order valence-electron chi connectivity index (χ3n) is 9.21. The van der Waals surface area contributed by atoms with Crippen molar-refractivity contribution in [1.82, 2.24) is 15.2 Å². The minimum absolute atomic E-state index is 0.111. The number of fused-ring (bicyclic) bond motifs is 1. The molecule has 3 N–H and O–H groups in total. The van der Waals surface area contributed by atoms with Crippen LogP contribution in [-0.2, 0) is 29.5 Å². The van der Waals surface area contributed by atoms with Gasteiger partial charge in [0.25, 0.3) is 11.8 Å². The zero-order valence-electron chi connectivity index (χ0n) is 30.9. The fourth-order valence-electron chi connectivity index (χ4n) is 6.84. The molecule has 1 saturated heterocycles. The summed E-state index contributed by atoms with van der Waals surface area (Å²) in [5.74, 6) is -2.58. The third-order valence-corrected chi connectivity index (χ3v) is 14.2. The summed E-state index contributed by atoms with van der Waals surface area (Å²) in [4.78, 5) is 65.7. The van der Waals surface area contributed by atoms with Crippen molar-refractivity contribution in [3.05, 3.63) is 130 Å². The van der Waals surface area contributed by atoms with Gasteiger partial charge in [0.15, 0.2) is 10.8 Å². The Morgan fingerprint density at radius 2 is 1.53 bits per heavy atom. The van der Waals surface area contributed by atoms with Crippen molar-refractivity contribution in [2.24, 2.45) is 5.16 Å². The number of alkyl halides is 1. The average Bonchev–Trinajstić information content (AvgIpc) is 3.63. The molecule has 0 radical (unpaired) electrons. The van der Waals surface area contributed by atoms with Crippen molar-refractivity contribution in [3.63, 3.8) is 0 Å². The Balaban J connectivity index is 1.36. The third kappa shape index (κ3) is 7.74. The van der Waals surface area contributed by atoms with Crippen molar-refractivity contribution in [2.45, 2.75) is 50.3 Å². The Morgan fingerprint density at radius 1 is 0.982 bits per heavy atom. The number of hydrogen-bond acceptors (Lipinski definition) is 10. The molecule has 1 aromatic heterocycles. The minimum Gasteiger partial charge on any atom is -0.477 e. The summed E-state index contributed by atoms with van der Waals surface area (Å²) >= 11 is 3.31. The van der Waals surface area contributed by atoms with E-state index in [4.69, 9.17) is 14.6 Å². The van der Waals surface area contributed by atoms with Gasteiger partial charge >= 0.3 is 11.3 Å². The van der Waals surface area contributed by atoms with Gasteiger partial charge in [-0.2, -0.15) is 0 Å². The summed E-state index contributed by atoms with van der Waals surface area (Å²) < 4.78 is 6.13. The van der Waals surface area contributed by atoms with Crippen LogP contribution in [0.2, 0.25) is 0 Å². The SMILES string of the molecule is CCON=C(C(=O)NC1C(=O)N2C(C(=O)O)=C(CI)CS(C)(C(=O)OC(C)(C)C)[C@@H]12)c1csc(NC(c2ccccc2)(c2ccccc2)c2ccccc2)n1. The predicted molar refractivity (Wildman–Crippen MR) is 224 cm³/mol. The Bertz CT molecular complexity index is 2040. The molecule has 12 nitrogen and oxygen atoms in total. The molecule has 288 valence electrons. The summed E-state index contributed by atoms with van der Waals surface area (Å²) in [7, 11) is -2.54. The van der Waals surface area contributed by atoms with Crippen LogP contribution in [-0.4, -0.2) is 83.8 Å². The number of anilines is 1. The second-order valence-electron chi connectivity index (χ2n) is 14.1. The molecular weight excluding hydrogens is 854 g/mol. The van der Waals surface area contributed by atoms with Crippen molar-refractivity contribution in [1.29, 1.82) is 0 Å². The predicted octanol–water partition coefficient (Wildman–Crippen LogP) is 7.10. The van der Waals surface area contributed by atoms with Crippen molar-refractivity contribution in [3.8, 4) is 0 Å². The van der Waals surface area contributed by atoms with E-state index in [1.165, 1.54) is 11.3 Å². The highest BCUT2D eigenvalue weighted by atomic mass is 127. The largest absolute Gasteiger partial charge is 0.477 e. The standard InChI is InChI=1S/C40H42IN5O7S2/c1-6-52-45-30(33(47)43-31-34(48)46-32(36(49)50)25(22-41)24-55(5,35(31)46)38(51)53-39(2,3)4)29-23-54-37(42-29)44-40(26-16-10-7-11-17-26,27-18-12-8-13-19-27)28-20-14-9-15-21-28/h7-21,23,31,35H,6,22,24H2,1-5H3,(H,42,44)(H,43,47)(H,49,50)/t31?,35-/m0/s1. The average molecular weight is 896 g/mol. The maximum Gasteiger partial charge on any atom is 0.352 e. The fraction of sp³-hybridized carbons (Fsp3) is 0.300. The quantitative estimate of drug-likeness (QED) is 0.0257. The van der Waals surface area contributed by atoms with Gasteiger partial charge in [0.05, 0.1) is 0 Å². The van der Waals surface area contributed by atoms with E-state index in [1.54, 1.807) is 39.3 Å². The number of halogens is 1. The van der Waals surface area contributed by atoms with Crippen LogP contribution in [0.25, 0.3) is 0 Å². The number of oxime groups is 1. The highest BCUT2D eigenvalue weighted by Gasteiger charge is 2.63. The van der Waals surface area contributed by atoms with Gasteiger partial charge in [-0.1, -0.05) is 119 Å². The van der Waals surface area contributed by atoms with Gasteiger partial charge < -0.3 is 25.3 Å². The number of β-lactam (4-membered cyclic amide) rings is 1. The molecule has 0 bridgehead atoms. The monoisotopic (exact) mass is 895 g/mol. The number of rotatable bonds is 12. The number of aromatic nitrogens is 1. The van der Waals surface area contributed by atoms with Gasteiger partial charge in [0.2, 0.25) is 0 Å². The summed E-state index contributed by atoms with van der Waals surface area (Å²) in [6, 6.07) is 28.8. The van der Waals surface area contributed by atoms with E-state index in [-0.39, 0.29) is 29.5 Å². The molecule has 0 spiro atoms. The van der Waals surface area contributed by atoms with Crippen LogP contribution in [0.15, 0.2) is 113 Å². The zero-order valence-corrected chi connectivity index (χ0v) is 34.7. The molecule has 3 atom stereocenters. The molecule has 6 rings (SSSR count). The van der Waals surface area contributed by atoms with Gasteiger partial charge in [-0.3, -0.25) is 14.5 Å². The number of carboxylic acid groups (broad SMARTS) is 1. The van der Waals surface area contributed by atoms with E-state index in [0.717, 1.165) is 21.6 Å². The lowest BCUT2D eigenvalue weighted by Crippen LogP contribution is -2.74. The number of ether oxygens (including phenoxy) is 1. The lowest BCUT2D eigenvalue weighted by molar-refractivity contribution is -0.150. The number of carbonyl (C=O) groups is 4. The lowest BCUT2D eigenvalue weighted by Gasteiger charge is -2.59. The summed E-state index contributed by atoms with van der Waals surface area (Å²) in [5.41, 5.74) is 1.46. The molecule has 2 unspecified atom stereocenters. The van der Waals surface area contributed by atoms with E-state index in [2.05, 4.69) is 15.8 Å². The number of carboxylic acids is 1. The van der Waals surface area contributed by atoms with Crippen LogP contribution in [0.1, 0.15) is 50.1 Å². The van der Waals surface area contributed by atoms with Gasteiger partial charge in [-0.05, 0) is 56.2 Å². The molecule has 3 heterocycles. The Hall–Kier alpha value is -4.74. The molecular formula is C40H42IN5O7S2. The number of carbonyl (C=O) groups excluding carboxylic acids is 3. The highest BCUT2D eigenvalue weighted by molar-refractivity contribution is 14.1. The summed E-state index contributed by atoms with van der Waals surface area (Å²) in [5, 5.41) is 21.5. The van der Waals surface area contributed by atoms with Gasteiger partial charge in [-0.15, -0.1) is 21.4 Å². The molecule has 0 aliphatic carbocycles. The Labute approximate surface area is 338 Å². The molecule has 55 heavy (non-hydrogen) atoms. The first-order valence-corrected chi connectivity index (χ1v) is 22.2. The first-order valence-electron chi connectivity index (χ1n) is 17.5. The first-order chi connectivity index (χ1) is 26.2. The number of nitrogens with one attached hydrogen (secondary N) is 2. The maximum absolute atomic E-state index is 14.2. The van der Waals surface area contributed by atoms with Crippen molar-refractivity contribution in [2.75, 3.05) is 28.4 Å². The van der Waals surface area contributed by atoms with E-state index in [1.807, 2.05) is 114 Å². The van der Waals surface area contributed by atoms with E-state index >= 15 is 0 Å². The van der Waals surface area contributed by atoms with Crippen LogP contribution in [0.4, 0.5) is 9.93 Å². The smallest absolute Gasteiger partial charge is 0.352 e. The normalized spacial score (nSPS) is 21.1. The lowest BCUT2D eigenvalue weighted by atomic mass is 9.77. The highest BCUT2D eigenvalue weighted by Crippen LogP contribution is 2.62. The fourth-order valence-corrected chi connectivity index (χ4v) is 11.9. The maximum atomic E-state index is 14.2. The van der Waals surface area contributed by atoms with Crippen LogP contribution >= 0.6 is 44.0 Å². The molecule has 3 aromatic carbocycles. The first kappa shape index (κ1) is 39.9. The van der Waals surface area contributed by atoms with Gasteiger partial charge in [0.1, 0.15) is 40.6 Å².